The fourth-order valence-corrected chi connectivity index (χ4v) is 1.87. The molecule has 3 aromatic rings. The van der Waals surface area contributed by atoms with Gasteiger partial charge in [-0.3, -0.25) is 0 Å². The number of aromatic nitrogens is 2. The van der Waals surface area contributed by atoms with E-state index in [0.29, 0.717) is 17.2 Å². The summed E-state index contributed by atoms with van der Waals surface area (Å²) in [7, 11) is 0. The zero-order chi connectivity index (χ0) is 11.1. The van der Waals surface area contributed by atoms with Gasteiger partial charge in [-0.2, -0.15) is 0 Å². The maximum absolute atomic E-state index is 5.86. The number of anilines is 2. The number of benzene rings is 1. The number of nitrogens with two attached hydrogens (primary N) is 2. The summed E-state index contributed by atoms with van der Waals surface area (Å²) in [6.07, 6.45) is 0. The Morgan fingerprint density at radius 2 is 1.62 bits per heavy atom. The predicted octanol–water partition coefficient (Wildman–Crippen LogP) is 1.95. The smallest absolute Gasteiger partial charge is 0.150 e. The van der Waals surface area contributed by atoms with E-state index in [4.69, 9.17) is 11.5 Å². The first-order valence-corrected chi connectivity index (χ1v) is 4.96. The van der Waals surface area contributed by atoms with Crippen molar-refractivity contribution < 1.29 is 0 Å². The highest BCUT2D eigenvalue weighted by Crippen LogP contribution is 2.26. The molecule has 2 aromatic heterocycles. The third kappa shape index (κ3) is 1.16. The van der Waals surface area contributed by atoms with Crippen molar-refractivity contribution in [1.82, 2.24) is 9.97 Å². The third-order valence-corrected chi connectivity index (χ3v) is 2.59. The lowest BCUT2D eigenvalue weighted by Crippen LogP contribution is -1.97. The molecule has 78 valence electrons. The lowest BCUT2D eigenvalue weighted by molar-refractivity contribution is 1.36. The Hall–Kier alpha value is -2.36. The van der Waals surface area contributed by atoms with Crippen LogP contribution < -0.4 is 11.5 Å². The van der Waals surface area contributed by atoms with E-state index in [1.807, 2.05) is 30.3 Å². The van der Waals surface area contributed by atoms with E-state index < -0.39 is 0 Å². The summed E-state index contributed by atoms with van der Waals surface area (Å²) in [5.41, 5.74) is 13.0. The summed E-state index contributed by atoms with van der Waals surface area (Å²) < 4.78 is 0. The minimum atomic E-state index is 0.418. The number of pyridine rings is 2. The quantitative estimate of drug-likeness (QED) is 0.556. The molecular formula is C12H10N4. The summed E-state index contributed by atoms with van der Waals surface area (Å²) in [6, 6.07) is 11.5. The van der Waals surface area contributed by atoms with Crippen LogP contribution in [0.3, 0.4) is 0 Å². The van der Waals surface area contributed by atoms with Crippen LogP contribution in [0.2, 0.25) is 0 Å². The number of nitrogen functional groups attached to an aromatic ring is 2. The van der Waals surface area contributed by atoms with E-state index in [1.54, 1.807) is 6.07 Å². The second-order valence-corrected chi connectivity index (χ2v) is 3.65. The molecule has 0 bridgehead atoms. The highest BCUT2D eigenvalue weighted by Gasteiger charge is 2.06. The second kappa shape index (κ2) is 3.06. The summed E-state index contributed by atoms with van der Waals surface area (Å²) in [5, 5.41) is 2.02. The molecule has 2 heterocycles. The Kier molecular flexibility index (Phi) is 1.71. The normalized spacial score (nSPS) is 11.0. The van der Waals surface area contributed by atoms with Gasteiger partial charge < -0.3 is 11.5 Å². The van der Waals surface area contributed by atoms with Crippen LogP contribution in [0, 0.1) is 0 Å². The van der Waals surface area contributed by atoms with Crippen LogP contribution >= 0.6 is 0 Å². The molecule has 1 aromatic carbocycles. The lowest BCUT2D eigenvalue weighted by Gasteiger charge is -2.05. The Bertz CT molecular complexity index is 691. The number of hydrogen-bond donors (Lipinski definition) is 2. The summed E-state index contributed by atoms with van der Waals surface area (Å²) in [4.78, 5) is 8.52. The van der Waals surface area contributed by atoms with Crippen LogP contribution in [0.25, 0.3) is 21.8 Å². The van der Waals surface area contributed by atoms with Gasteiger partial charge in [0.25, 0.3) is 0 Å². The highest BCUT2D eigenvalue weighted by atomic mass is 14.9. The number of hydrogen-bond acceptors (Lipinski definition) is 4. The molecule has 4 N–H and O–H groups in total. The van der Waals surface area contributed by atoms with Crippen LogP contribution in [0.5, 0.6) is 0 Å². The van der Waals surface area contributed by atoms with E-state index in [-0.39, 0.29) is 0 Å². The van der Waals surface area contributed by atoms with Crippen LogP contribution in [-0.2, 0) is 0 Å². The monoisotopic (exact) mass is 210 g/mol. The van der Waals surface area contributed by atoms with Gasteiger partial charge in [0, 0.05) is 10.8 Å². The molecule has 0 unspecified atom stereocenters. The van der Waals surface area contributed by atoms with Crippen LogP contribution in [0.4, 0.5) is 11.6 Å². The van der Waals surface area contributed by atoms with Gasteiger partial charge in [0.1, 0.15) is 11.3 Å². The zero-order valence-electron chi connectivity index (χ0n) is 8.51. The standard InChI is InChI=1S/C12H10N4/c13-10-6-5-8-7-3-1-2-4-9(7)15-12(14)11(8)16-10/h1-6H,(H2,13,16)(H2,14,15). The second-order valence-electron chi connectivity index (χ2n) is 3.65. The number of para-hydroxylation sites is 1. The molecule has 0 saturated carbocycles. The molecule has 16 heavy (non-hydrogen) atoms. The molecule has 4 nitrogen and oxygen atoms in total. The minimum Gasteiger partial charge on any atom is -0.384 e. The number of nitrogens with zero attached hydrogens (tertiary/aromatic N) is 2. The molecule has 0 aliphatic rings. The molecular weight excluding hydrogens is 200 g/mol. The molecule has 0 saturated heterocycles. The molecule has 0 amide bonds. The topological polar surface area (TPSA) is 77.8 Å². The van der Waals surface area contributed by atoms with Crippen LogP contribution in [0.15, 0.2) is 36.4 Å². The summed E-state index contributed by atoms with van der Waals surface area (Å²) in [6.45, 7) is 0. The van der Waals surface area contributed by atoms with Gasteiger partial charge >= 0.3 is 0 Å². The van der Waals surface area contributed by atoms with Crippen LogP contribution in [-0.4, -0.2) is 9.97 Å². The molecule has 0 aliphatic heterocycles. The van der Waals surface area contributed by atoms with Gasteiger partial charge in [0.15, 0.2) is 5.82 Å². The Balaban J connectivity index is 2.59. The molecule has 4 heteroatoms. The predicted molar refractivity (Wildman–Crippen MR) is 65.9 cm³/mol. The first-order chi connectivity index (χ1) is 7.75. The molecule has 0 atom stereocenters. The summed E-state index contributed by atoms with van der Waals surface area (Å²) >= 11 is 0. The van der Waals surface area contributed by atoms with E-state index in [0.717, 1.165) is 16.3 Å². The van der Waals surface area contributed by atoms with Gasteiger partial charge in [-0.25, -0.2) is 9.97 Å². The van der Waals surface area contributed by atoms with Crippen molar-refractivity contribution >= 4 is 33.4 Å². The minimum absolute atomic E-state index is 0.418. The Labute approximate surface area is 91.9 Å². The molecule has 0 radical (unpaired) electrons. The fourth-order valence-electron chi connectivity index (χ4n) is 1.87. The van der Waals surface area contributed by atoms with Gasteiger partial charge in [0.2, 0.25) is 0 Å². The lowest BCUT2D eigenvalue weighted by atomic mass is 10.1. The third-order valence-electron chi connectivity index (χ3n) is 2.59. The van der Waals surface area contributed by atoms with E-state index >= 15 is 0 Å². The van der Waals surface area contributed by atoms with Crippen molar-refractivity contribution in [1.29, 1.82) is 0 Å². The van der Waals surface area contributed by atoms with E-state index in [2.05, 4.69) is 9.97 Å². The van der Waals surface area contributed by atoms with Gasteiger partial charge in [-0.15, -0.1) is 0 Å². The fraction of sp³-hybridized carbons (Fsp3) is 0. The molecule has 3 rings (SSSR count). The highest BCUT2D eigenvalue weighted by molar-refractivity contribution is 6.08. The van der Waals surface area contributed by atoms with Gasteiger partial charge in [-0.1, -0.05) is 18.2 Å². The van der Waals surface area contributed by atoms with Crippen molar-refractivity contribution in [3.8, 4) is 0 Å². The van der Waals surface area contributed by atoms with Crippen molar-refractivity contribution in [2.75, 3.05) is 11.5 Å². The van der Waals surface area contributed by atoms with Crippen molar-refractivity contribution in [3.05, 3.63) is 36.4 Å². The average Bonchev–Trinajstić information content (AvgIpc) is 2.29. The summed E-state index contributed by atoms with van der Waals surface area (Å²) in [5.74, 6) is 0.872. The van der Waals surface area contributed by atoms with Crippen molar-refractivity contribution in [3.63, 3.8) is 0 Å². The van der Waals surface area contributed by atoms with Gasteiger partial charge in [0.05, 0.1) is 5.52 Å². The number of rotatable bonds is 0. The zero-order valence-corrected chi connectivity index (χ0v) is 8.51. The maximum Gasteiger partial charge on any atom is 0.150 e. The van der Waals surface area contributed by atoms with E-state index in [1.165, 1.54) is 0 Å². The average molecular weight is 210 g/mol. The Morgan fingerprint density at radius 3 is 2.50 bits per heavy atom. The van der Waals surface area contributed by atoms with E-state index in [9.17, 15) is 0 Å². The van der Waals surface area contributed by atoms with Crippen LogP contribution in [0.1, 0.15) is 0 Å². The SMILES string of the molecule is Nc1ccc2c(n1)c(N)nc1ccccc12. The van der Waals surface area contributed by atoms with Crippen molar-refractivity contribution in [2.45, 2.75) is 0 Å². The van der Waals surface area contributed by atoms with Gasteiger partial charge in [-0.05, 0) is 18.2 Å². The van der Waals surface area contributed by atoms with Crippen molar-refractivity contribution in [2.24, 2.45) is 0 Å². The first kappa shape index (κ1) is 8.91. The molecule has 0 aliphatic carbocycles. The number of fused-ring (bicyclic) bond motifs is 3. The molecule has 0 spiro atoms. The Morgan fingerprint density at radius 1 is 0.812 bits per heavy atom. The molecule has 0 fully saturated rings. The maximum atomic E-state index is 5.86. The first-order valence-electron chi connectivity index (χ1n) is 4.96. The largest absolute Gasteiger partial charge is 0.384 e.